The van der Waals surface area contributed by atoms with Crippen LogP contribution in [0.15, 0.2) is 40.3 Å². The number of thioether (sulfide) groups is 1. The predicted molar refractivity (Wildman–Crippen MR) is 129 cm³/mol. The Morgan fingerprint density at radius 1 is 1.26 bits per heavy atom. The van der Waals surface area contributed by atoms with Crippen molar-refractivity contribution in [2.24, 2.45) is 0 Å². The summed E-state index contributed by atoms with van der Waals surface area (Å²) in [4.78, 5) is 35.0. The molecule has 1 saturated carbocycles. The van der Waals surface area contributed by atoms with Crippen molar-refractivity contribution in [1.82, 2.24) is 14.5 Å². The third-order valence-corrected chi connectivity index (χ3v) is 8.51. The van der Waals surface area contributed by atoms with Gasteiger partial charge in [-0.05, 0) is 44.7 Å². The van der Waals surface area contributed by atoms with Crippen molar-refractivity contribution < 1.29 is 4.79 Å². The van der Waals surface area contributed by atoms with E-state index in [1.807, 2.05) is 62.7 Å². The van der Waals surface area contributed by atoms with Crippen LogP contribution in [-0.2, 0) is 4.79 Å². The fourth-order valence-electron chi connectivity index (χ4n) is 4.27. The molecule has 2 heterocycles. The lowest BCUT2D eigenvalue weighted by Crippen LogP contribution is -2.32. The smallest absolute Gasteiger partial charge is 0.263 e. The molecule has 31 heavy (non-hydrogen) atoms. The summed E-state index contributed by atoms with van der Waals surface area (Å²) in [6.07, 6.45) is 4.28. The predicted octanol–water partition coefficient (Wildman–Crippen LogP) is 5.50. The number of thiophene rings is 1. The fourth-order valence-corrected chi connectivity index (χ4v) is 6.33. The number of carbonyl (C=O) groups excluding carboxylic acids is 1. The number of hydrogen-bond acceptors (Lipinski definition) is 5. The Hall–Kier alpha value is -2.12. The zero-order valence-corrected chi connectivity index (χ0v) is 20.2. The van der Waals surface area contributed by atoms with Crippen LogP contribution in [0.2, 0.25) is 0 Å². The molecule has 1 aliphatic carbocycles. The summed E-state index contributed by atoms with van der Waals surface area (Å²) in [5.41, 5.74) is 2.20. The Kier molecular flexibility index (Phi) is 6.53. The van der Waals surface area contributed by atoms with E-state index >= 15 is 0 Å². The highest BCUT2D eigenvalue weighted by Gasteiger charge is 2.26. The molecule has 7 heteroatoms. The minimum atomic E-state index is -0.00985. The van der Waals surface area contributed by atoms with E-state index in [4.69, 9.17) is 4.98 Å². The Morgan fingerprint density at radius 3 is 2.61 bits per heavy atom. The summed E-state index contributed by atoms with van der Waals surface area (Å²) in [5, 5.41) is 1.43. The van der Waals surface area contributed by atoms with Crippen LogP contribution in [0, 0.1) is 13.8 Å². The van der Waals surface area contributed by atoms with Gasteiger partial charge in [0.2, 0.25) is 5.91 Å². The highest BCUT2D eigenvalue weighted by atomic mass is 32.2. The molecule has 0 N–H and O–H groups in total. The van der Waals surface area contributed by atoms with Crippen LogP contribution < -0.4 is 5.56 Å². The zero-order valence-electron chi connectivity index (χ0n) is 18.6. The van der Waals surface area contributed by atoms with E-state index in [-0.39, 0.29) is 29.3 Å². The Labute approximate surface area is 191 Å². The van der Waals surface area contributed by atoms with Crippen LogP contribution >= 0.6 is 23.1 Å². The summed E-state index contributed by atoms with van der Waals surface area (Å²) in [5.74, 6) is 0.300. The fraction of sp³-hybridized carbons (Fsp3) is 0.458. The van der Waals surface area contributed by atoms with Gasteiger partial charge in [0.1, 0.15) is 4.83 Å². The van der Waals surface area contributed by atoms with Crippen molar-refractivity contribution in [3.05, 3.63) is 56.7 Å². The maximum atomic E-state index is 13.5. The second-order valence-corrected chi connectivity index (χ2v) is 10.5. The van der Waals surface area contributed by atoms with Gasteiger partial charge in [-0.3, -0.25) is 14.2 Å². The molecule has 0 spiro atoms. The standard InChI is InChI=1S/C24H29N3O2S2/c1-15-17(3)31-22-21(15)23(29)27(19-12-8-9-13-19)24(25-22)30-14-20(28)26(4)16(2)18-10-6-5-7-11-18/h5-7,10-11,16,19H,8-9,12-14H2,1-4H3. The van der Waals surface area contributed by atoms with E-state index in [1.165, 1.54) is 11.8 Å². The monoisotopic (exact) mass is 455 g/mol. The minimum Gasteiger partial charge on any atom is -0.338 e. The van der Waals surface area contributed by atoms with Gasteiger partial charge >= 0.3 is 0 Å². The van der Waals surface area contributed by atoms with Crippen molar-refractivity contribution in [2.45, 2.75) is 63.7 Å². The SMILES string of the molecule is Cc1sc2nc(SCC(=O)N(C)C(C)c3ccccc3)n(C3CCCC3)c(=O)c2c1C. The average Bonchev–Trinajstić information content (AvgIpc) is 3.40. The quantitative estimate of drug-likeness (QED) is 0.364. The third kappa shape index (κ3) is 4.30. The molecule has 1 fully saturated rings. The molecule has 0 radical (unpaired) electrons. The Morgan fingerprint density at radius 2 is 1.94 bits per heavy atom. The van der Waals surface area contributed by atoms with Gasteiger partial charge in [0.05, 0.1) is 17.2 Å². The number of fused-ring (bicyclic) bond motifs is 1. The maximum absolute atomic E-state index is 13.5. The van der Waals surface area contributed by atoms with Crippen molar-refractivity contribution >= 4 is 39.2 Å². The number of rotatable bonds is 6. The highest BCUT2D eigenvalue weighted by Crippen LogP contribution is 2.34. The number of benzene rings is 1. The summed E-state index contributed by atoms with van der Waals surface area (Å²) in [6, 6.07) is 10.2. The number of aryl methyl sites for hydroxylation is 2. The molecule has 1 aliphatic rings. The number of carbonyl (C=O) groups is 1. The van der Waals surface area contributed by atoms with Crippen LogP contribution in [0.25, 0.3) is 10.2 Å². The Balaban J connectivity index is 1.61. The summed E-state index contributed by atoms with van der Waals surface area (Å²) in [6.45, 7) is 6.08. The number of nitrogens with zero attached hydrogens (tertiary/aromatic N) is 3. The molecule has 0 bridgehead atoms. The van der Waals surface area contributed by atoms with E-state index in [1.54, 1.807) is 16.2 Å². The van der Waals surface area contributed by atoms with Gasteiger partial charge in [0, 0.05) is 18.0 Å². The molecule has 1 unspecified atom stereocenters. The van der Waals surface area contributed by atoms with Crippen LogP contribution in [0.1, 0.15) is 60.7 Å². The van der Waals surface area contributed by atoms with Gasteiger partial charge < -0.3 is 4.90 Å². The van der Waals surface area contributed by atoms with Gasteiger partial charge in [-0.15, -0.1) is 11.3 Å². The summed E-state index contributed by atoms with van der Waals surface area (Å²) < 4.78 is 1.88. The molecule has 1 atom stereocenters. The number of amides is 1. The lowest BCUT2D eigenvalue weighted by Gasteiger charge is -2.25. The Bertz CT molecular complexity index is 1150. The minimum absolute atomic E-state index is 0.00985. The van der Waals surface area contributed by atoms with E-state index in [0.717, 1.165) is 51.9 Å². The molecule has 5 nitrogen and oxygen atoms in total. The van der Waals surface area contributed by atoms with Crippen LogP contribution in [0.5, 0.6) is 0 Å². The second kappa shape index (κ2) is 9.17. The number of hydrogen-bond donors (Lipinski definition) is 0. The lowest BCUT2D eigenvalue weighted by atomic mass is 10.1. The molecule has 1 amide bonds. The van der Waals surface area contributed by atoms with Crippen LogP contribution in [0.3, 0.4) is 0 Å². The largest absolute Gasteiger partial charge is 0.338 e. The molecule has 0 aliphatic heterocycles. The van der Waals surface area contributed by atoms with E-state index in [0.29, 0.717) is 5.16 Å². The van der Waals surface area contributed by atoms with Crippen molar-refractivity contribution in [3.63, 3.8) is 0 Å². The number of aromatic nitrogens is 2. The first-order valence-electron chi connectivity index (χ1n) is 10.8. The summed E-state index contributed by atoms with van der Waals surface area (Å²) in [7, 11) is 1.84. The van der Waals surface area contributed by atoms with E-state index in [2.05, 4.69) is 0 Å². The third-order valence-electron chi connectivity index (χ3n) is 6.47. The van der Waals surface area contributed by atoms with Crippen LogP contribution in [0.4, 0.5) is 0 Å². The molecule has 164 valence electrons. The zero-order chi connectivity index (χ0) is 22.1. The van der Waals surface area contributed by atoms with Gasteiger partial charge in [0.25, 0.3) is 5.56 Å². The normalized spacial score (nSPS) is 15.5. The molecule has 0 saturated heterocycles. The van der Waals surface area contributed by atoms with Gasteiger partial charge in [0.15, 0.2) is 5.16 Å². The maximum Gasteiger partial charge on any atom is 0.263 e. The second-order valence-electron chi connectivity index (χ2n) is 8.35. The van der Waals surface area contributed by atoms with Crippen LogP contribution in [-0.4, -0.2) is 33.2 Å². The topological polar surface area (TPSA) is 55.2 Å². The molecule has 2 aromatic heterocycles. The molecule has 4 rings (SSSR count). The molecule has 3 aromatic rings. The van der Waals surface area contributed by atoms with E-state index < -0.39 is 0 Å². The van der Waals surface area contributed by atoms with E-state index in [9.17, 15) is 9.59 Å². The van der Waals surface area contributed by atoms with Gasteiger partial charge in [-0.25, -0.2) is 4.98 Å². The molecular weight excluding hydrogens is 426 g/mol. The molecular formula is C24H29N3O2S2. The van der Waals surface area contributed by atoms with Gasteiger partial charge in [-0.1, -0.05) is 54.9 Å². The lowest BCUT2D eigenvalue weighted by molar-refractivity contribution is -0.128. The molecule has 1 aromatic carbocycles. The first-order valence-corrected chi connectivity index (χ1v) is 12.6. The first-order chi connectivity index (χ1) is 14.9. The van der Waals surface area contributed by atoms with Gasteiger partial charge in [-0.2, -0.15) is 0 Å². The first kappa shape index (κ1) is 22.1. The average molecular weight is 456 g/mol. The van der Waals surface area contributed by atoms with Crippen molar-refractivity contribution in [2.75, 3.05) is 12.8 Å². The summed E-state index contributed by atoms with van der Waals surface area (Å²) >= 11 is 2.96. The van der Waals surface area contributed by atoms with Crippen molar-refractivity contribution in [3.8, 4) is 0 Å². The highest BCUT2D eigenvalue weighted by molar-refractivity contribution is 7.99. The van der Waals surface area contributed by atoms with Crippen molar-refractivity contribution in [1.29, 1.82) is 0 Å².